The maximum atomic E-state index is 14.0. The number of anilines is 2. The summed E-state index contributed by atoms with van der Waals surface area (Å²) < 4.78 is 11.3. The molecule has 3 aliphatic heterocycles. The van der Waals surface area contributed by atoms with E-state index in [1.165, 1.54) is 34.6 Å². The molecule has 0 aromatic heterocycles. The van der Waals surface area contributed by atoms with Crippen molar-refractivity contribution < 1.29 is 19.1 Å². The van der Waals surface area contributed by atoms with Crippen molar-refractivity contribution in [2.24, 2.45) is 0 Å². The van der Waals surface area contributed by atoms with Gasteiger partial charge >= 0.3 is 0 Å². The van der Waals surface area contributed by atoms with Crippen LogP contribution in [-0.2, 0) is 14.9 Å². The molecule has 3 heterocycles. The van der Waals surface area contributed by atoms with Crippen LogP contribution in [0.4, 0.5) is 11.4 Å². The van der Waals surface area contributed by atoms with E-state index in [0.717, 1.165) is 75.2 Å². The number of Topliss-reactive ketones (excluding diaryl/α,β-unsaturated/α-hetero) is 1. The molecule has 1 aliphatic carbocycles. The summed E-state index contributed by atoms with van der Waals surface area (Å²) in [5, 5.41) is 15.1. The van der Waals surface area contributed by atoms with Crippen molar-refractivity contribution in [3.05, 3.63) is 82.4 Å². The predicted molar refractivity (Wildman–Crippen MR) is 205 cm³/mol. The molecule has 3 aromatic rings. The first-order chi connectivity index (χ1) is 24.3. The van der Waals surface area contributed by atoms with Crippen LogP contribution in [0, 0.1) is 5.41 Å². The normalized spacial score (nSPS) is 18.0. The first-order valence-corrected chi connectivity index (χ1v) is 21.9. The fourth-order valence-corrected chi connectivity index (χ4v) is 11.5. The number of benzene rings is 3. The highest BCUT2D eigenvalue weighted by molar-refractivity contribution is 7.01. The van der Waals surface area contributed by atoms with Crippen LogP contribution in [0.25, 0.3) is 0 Å². The van der Waals surface area contributed by atoms with Crippen LogP contribution in [0.1, 0.15) is 75.9 Å². The summed E-state index contributed by atoms with van der Waals surface area (Å²) in [5.41, 5.74) is 5.16. The topological polar surface area (TPSA) is 95.0 Å². The zero-order valence-corrected chi connectivity index (χ0v) is 31.2. The molecule has 2 saturated heterocycles. The lowest BCUT2D eigenvalue weighted by Gasteiger charge is -2.46. The fourth-order valence-electron chi connectivity index (χ4n) is 8.09. The number of ether oxygens (including phenoxy) is 2. The fraction of sp³-hybridized carbons (Fsp3) is 0.475. The summed E-state index contributed by atoms with van der Waals surface area (Å²) in [6, 6.07) is 18.7. The number of nitrogens with zero attached hydrogens (tertiary/aromatic N) is 2. The molecule has 2 fully saturated rings. The number of nitrogens with one attached hydrogen (secondary N) is 2. The van der Waals surface area contributed by atoms with E-state index < -0.39 is 13.5 Å². The number of halogens is 1. The minimum atomic E-state index is -2.28. The third kappa shape index (κ3) is 6.10. The maximum Gasteiger partial charge on any atom is 0.251 e. The zero-order chi connectivity index (χ0) is 34.9. The molecule has 264 valence electrons. The predicted octanol–water partition coefficient (Wildman–Crippen LogP) is 5.36. The first-order valence-electron chi connectivity index (χ1n) is 18.4. The molecule has 4 aliphatic rings. The van der Waals surface area contributed by atoms with Gasteiger partial charge in [0.1, 0.15) is 8.07 Å². The van der Waals surface area contributed by atoms with Crippen LogP contribution < -0.4 is 25.5 Å². The van der Waals surface area contributed by atoms with E-state index in [0.29, 0.717) is 43.4 Å². The molecule has 2 N–H and O–H groups in total. The average Bonchev–Trinajstić information content (AvgIpc) is 3.28. The van der Waals surface area contributed by atoms with Crippen molar-refractivity contribution in [1.82, 2.24) is 5.32 Å². The number of alkyl halides is 1. The number of carbonyl (C=O) groups excluding carboxylic acids is 2. The van der Waals surface area contributed by atoms with E-state index in [-0.39, 0.29) is 17.4 Å². The number of hydrogen-bond donors (Lipinski definition) is 2. The van der Waals surface area contributed by atoms with Crippen molar-refractivity contribution in [1.29, 1.82) is 5.41 Å². The number of amides is 1. The standard InChI is InChI=1S/C40H49ClN4O4Si/c1-50(2)35-26-29(44-17-7-18-44)10-13-32(35)40(33-14-11-30(27-36(33)50)45-19-8-20-45)34-25-28(9-12-31(34)37(46)38(40)42)39(47)43-16-22-49-24-23-48-21-6-4-3-5-15-41/h9-14,25-27,42H,3-8,15-24H2,1-2H3,(H,43,47). The lowest BCUT2D eigenvalue weighted by molar-refractivity contribution is 0.0468. The SMILES string of the molecule is C[Si]1(C)c2cc(N3CCC3)ccc2C2(C(=N)C(=O)c3ccc(C(=O)NCCOCCOCCCCCCCl)cc32)c2ccc(N3CCC3)cc21. The third-order valence-electron chi connectivity index (χ3n) is 11.2. The number of ketones is 1. The van der Waals surface area contributed by atoms with Gasteiger partial charge in [-0.15, -0.1) is 11.6 Å². The summed E-state index contributed by atoms with van der Waals surface area (Å²) in [5.74, 6) is 0.220. The monoisotopic (exact) mass is 712 g/mol. The molecular weight excluding hydrogens is 664 g/mol. The molecule has 0 unspecified atom stereocenters. The third-order valence-corrected chi connectivity index (χ3v) is 15.0. The molecule has 8 nitrogen and oxygen atoms in total. The quantitative estimate of drug-likeness (QED) is 0.125. The Labute approximate surface area is 302 Å². The van der Waals surface area contributed by atoms with E-state index in [1.807, 2.05) is 6.07 Å². The van der Waals surface area contributed by atoms with Crippen LogP contribution in [0.15, 0.2) is 54.6 Å². The molecule has 0 atom stereocenters. The van der Waals surface area contributed by atoms with Crippen molar-refractivity contribution in [2.45, 2.75) is 57.0 Å². The van der Waals surface area contributed by atoms with Crippen LogP contribution >= 0.6 is 11.6 Å². The molecule has 1 amide bonds. The Morgan fingerprint density at radius 2 is 1.40 bits per heavy atom. The van der Waals surface area contributed by atoms with Crippen LogP contribution in [0.2, 0.25) is 13.1 Å². The molecule has 0 bridgehead atoms. The minimum absolute atomic E-state index is 0.0661. The molecule has 10 heteroatoms. The van der Waals surface area contributed by atoms with E-state index in [9.17, 15) is 15.0 Å². The molecule has 0 radical (unpaired) electrons. The molecule has 7 rings (SSSR count). The van der Waals surface area contributed by atoms with Crippen LogP contribution in [0.5, 0.6) is 0 Å². The summed E-state index contributed by atoms with van der Waals surface area (Å²) in [4.78, 5) is 32.4. The van der Waals surface area contributed by atoms with Gasteiger partial charge in [0, 0.05) is 67.7 Å². The smallest absolute Gasteiger partial charge is 0.251 e. The Bertz CT molecular complexity index is 1720. The molecule has 0 saturated carbocycles. The summed E-state index contributed by atoms with van der Waals surface area (Å²) >= 11 is 5.72. The number of fused-ring (bicyclic) bond motifs is 6. The van der Waals surface area contributed by atoms with Gasteiger partial charge in [-0.2, -0.15) is 0 Å². The van der Waals surface area contributed by atoms with Gasteiger partial charge < -0.3 is 24.6 Å². The number of rotatable bonds is 15. The maximum absolute atomic E-state index is 14.0. The molecule has 3 aromatic carbocycles. The molecule has 1 spiro atoms. The van der Waals surface area contributed by atoms with Crippen molar-refractivity contribution in [3.8, 4) is 0 Å². The van der Waals surface area contributed by atoms with Gasteiger partial charge in [0.05, 0.1) is 30.9 Å². The van der Waals surface area contributed by atoms with Gasteiger partial charge in [-0.25, -0.2) is 0 Å². The Morgan fingerprint density at radius 1 is 0.800 bits per heavy atom. The Kier molecular flexibility index (Phi) is 10.2. The number of unbranched alkanes of at least 4 members (excludes halogenated alkanes) is 3. The minimum Gasteiger partial charge on any atom is -0.379 e. The second-order valence-corrected chi connectivity index (χ2v) is 19.3. The lowest BCUT2D eigenvalue weighted by Crippen LogP contribution is -2.64. The molecular formula is C40H49ClN4O4Si. The Balaban J connectivity index is 1.15. The van der Waals surface area contributed by atoms with Crippen molar-refractivity contribution in [3.63, 3.8) is 0 Å². The highest BCUT2D eigenvalue weighted by Crippen LogP contribution is 2.50. The van der Waals surface area contributed by atoms with Gasteiger partial charge in [0.25, 0.3) is 5.91 Å². The van der Waals surface area contributed by atoms with Gasteiger partial charge in [-0.3, -0.25) is 15.0 Å². The Morgan fingerprint density at radius 3 is 1.98 bits per heavy atom. The number of hydrogen-bond acceptors (Lipinski definition) is 7. The zero-order valence-electron chi connectivity index (χ0n) is 29.4. The second kappa shape index (κ2) is 14.6. The van der Waals surface area contributed by atoms with Gasteiger partial charge in [-0.05, 0) is 95.2 Å². The van der Waals surface area contributed by atoms with Crippen LogP contribution in [-0.4, -0.2) is 90.5 Å². The average molecular weight is 713 g/mol. The van der Waals surface area contributed by atoms with Crippen molar-refractivity contribution >= 4 is 58.8 Å². The number of carbonyl (C=O) groups is 2. The first kappa shape index (κ1) is 34.9. The van der Waals surface area contributed by atoms with Gasteiger partial charge in [-0.1, -0.05) is 38.1 Å². The van der Waals surface area contributed by atoms with Gasteiger partial charge in [0.15, 0.2) is 0 Å². The summed E-state index contributed by atoms with van der Waals surface area (Å²) in [6.07, 6.45) is 6.71. The van der Waals surface area contributed by atoms with E-state index in [1.54, 1.807) is 12.1 Å². The molecule has 50 heavy (non-hydrogen) atoms. The summed E-state index contributed by atoms with van der Waals surface area (Å²) in [7, 11) is -2.28. The van der Waals surface area contributed by atoms with E-state index in [2.05, 4.69) is 64.6 Å². The van der Waals surface area contributed by atoms with Crippen LogP contribution in [0.3, 0.4) is 0 Å². The highest BCUT2D eigenvalue weighted by Gasteiger charge is 2.57. The lowest BCUT2D eigenvalue weighted by atomic mass is 9.68. The van der Waals surface area contributed by atoms with E-state index >= 15 is 0 Å². The Hall–Kier alpha value is -3.50. The largest absolute Gasteiger partial charge is 0.379 e. The van der Waals surface area contributed by atoms with E-state index in [4.69, 9.17) is 21.1 Å². The van der Waals surface area contributed by atoms with Gasteiger partial charge in [0.2, 0.25) is 5.78 Å². The van der Waals surface area contributed by atoms with Crippen molar-refractivity contribution in [2.75, 3.05) is 74.8 Å². The second-order valence-electron chi connectivity index (χ2n) is 14.6. The summed E-state index contributed by atoms with van der Waals surface area (Å²) in [6.45, 7) is 11.5. The highest BCUT2D eigenvalue weighted by atomic mass is 35.5.